The molecule has 2 rings (SSSR count). The SMILES string of the molecule is CCOCc1nc2c(N)nc(C)cc2n1NC(C)C. The fraction of sp³-hybridized carbons (Fsp3) is 0.538. The molecule has 0 atom stereocenters. The smallest absolute Gasteiger partial charge is 0.154 e. The van der Waals surface area contributed by atoms with Gasteiger partial charge in [-0.3, -0.25) is 0 Å². The van der Waals surface area contributed by atoms with Gasteiger partial charge in [-0.1, -0.05) is 0 Å². The topological polar surface area (TPSA) is 78.0 Å². The number of nitrogens with two attached hydrogens (primary N) is 1. The number of nitrogens with one attached hydrogen (secondary N) is 1. The Labute approximate surface area is 112 Å². The van der Waals surface area contributed by atoms with Crippen LogP contribution >= 0.6 is 0 Å². The number of anilines is 1. The van der Waals surface area contributed by atoms with Crippen LogP contribution in [0, 0.1) is 6.92 Å². The molecule has 0 aliphatic heterocycles. The number of nitrogen functional groups attached to an aromatic ring is 1. The average molecular weight is 263 g/mol. The largest absolute Gasteiger partial charge is 0.382 e. The maximum absolute atomic E-state index is 5.94. The van der Waals surface area contributed by atoms with Crippen molar-refractivity contribution in [2.24, 2.45) is 0 Å². The minimum atomic E-state index is 0.285. The van der Waals surface area contributed by atoms with Crippen LogP contribution in [-0.2, 0) is 11.3 Å². The van der Waals surface area contributed by atoms with Crippen LogP contribution in [-0.4, -0.2) is 27.3 Å². The summed E-state index contributed by atoms with van der Waals surface area (Å²) in [6, 6.07) is 2.26. The van der Waals surface area contributed by atoms with Gasteiger partial charge in [0.1, 0.15) is 12.1 Å². The number of rotatable bonds is 5. The summed E-state index contributed by atoms with van der Waals surface area (Å²) in [5.41, 5.74) is 11.8. The van der Waals surface area contributed by atoms with Crippen molar-refractivity contribution in [3.63, 3.8) is 0 Å². The van der Waals surface area contributed by atoms with Gasteiger partial charge in [-0.05, 0) is 33.8 Å². The monoisotopic (exact) mass is 263 g/mol. The van der Waals surface area contributed by atoms with Gasteiger partial charge in [0, 0.05) is 18.3 Å². The van der Waals surface area contributed by atoms with E-state index < -0.39 is 0 Å². The number of hydrogen-bond acceptors (Lipinski definition) is 5. The Balaban J connectivity index is 2.56. The maximum atomic E-state index is 5.94. The highest BCUT2D eigenvalue weighted by Gasteiger charge is 2.15. The van der Waals surface area contributed by atoms with Crippen LogP contribution in [0.1, 0.15) is 32.3 Å². The number of fused-ring (bicyclic) bond motifs is 1. The lowest BCUT2D eigenvalue weighted by Gasteiger charge is -2.15. The third kappa shape index (κ3) is 2.78. The number of hydrogen-bond donors (Lipinski definition) is 2. The summed E-state index contributed by atoms with van der Waals surface area (Å²) in [7, 11) is 0. The van der Waals surface area contributed by atoms with Gasteiger partial charge in [-0.15, -0.1) is 0 Å². The predicted molar refractivity (Wildman–Crippen MR) is 76.5 cm³/mol. The van der Waals surface area contributed by atoms with E-state index in [1.165, 1.54) is 0 Å². The zero-order valence-corrected chi connectivity index (χ0v) is 11.9. The summed E-state index contributed by atoms with van der Waals surface area (Å²) in [6.45, 7) is 9.14. The van der Waals surface area contributed by atoms with E-state index in [9.17, 15) is 0 Å². The van der Waals surface area contributed by atoms with Gasteiger partial charge in [-0.25, -0.2) is 14.6 Å². The lowest BCUT2D eigenvalue weighted by Crippen LogP contribution is -2.24. The standard InChI is InChI=1S/C13H21N5O/c1-5-19-7-11-16-12-10(18(11)17-8(2)3)6-9(4)15-13(12)14/h6,8,17H,5,7H2,1-4H3,(H2,14,15). The van der Waals surface area contributed by atoms with Crippen molar-refractivity contribution in [3.8, 4) is 0 Å². The molecule has 0 saturated heterocycles. The van der Waals surface area contributed by atoms with Crippen molar-refractivity contribution in [3.05, 3.63) is 17.6 Å². The average Bonchev–Trinajstić information content (AvgIpc) is 2.65. The van der Waals surface area contributed by atoms with Crippen LogP contribution < -0.4 is 11.2 Å². The molecule has 2 heterocycles. The van der Waals surface area contributed by atoms with Gasteiger partial charge in [0.05, 0.1) is 5.52 Å². The first-order valence-electron chi connectivity index (χ1n) is 6.51. The van der Waals surface area contributed by atoms with Crippen molar-refractivity contribution >= 4 is 16.9 Å². The molecule has 2 aromatic rings. The molecule has 19 heavy (non-hydrogen) atoms. The molecule has 0 amide bonds. The van der Waals surface area contributed by atoms with Gasteiger partial charge in [0.2, 0.25) is 0 Å². The number of nitrogens with zero attached hydrogens (tertiary/aromatic N) is 3. The van der Waals surface area contributed by atoms with Gasteiger partial charge >= 0.3 is 0 Å². The zero-order valence-electron chi connectivity index (χ0n) is 11.9. The van der Waals surface area contributed by atoms with Crippen LogP contribution in [0.2, 0.25) is 0 Å². The molecule has 0 unspecified atom stereocenters. The van der Waals surface area contributed by atoms with Crippen molar-refractivity contribution in [2.75, 3.05) is 17.8 Å². The number of aromatic nitrogens is 3. The Morgan fingerprint density at radius 3 is 2.79 bits per heavy atom. The van der Waals surface area contributed by atoms with Crippen molar-refractivity contribution in [1.82, 2.24) is 14.6 Å². The van der Waals surface area contributed by atoms with Crippen LogP contribution in [0.3, 0.4) is 0 Å². The molecule has 104 valence electrons. The summed E-state index contributed by atoms with van der Waals surface area (Å²) < 4.78 is 7.40. The fourth-order valence-corrected chi connectivity index (χ4v) is 1.97. The Morgan fingerprint density at radius 1 is 1.42 bits per heavy atom. The summed E-state index contributed by atoms with van der Waals surface area (Å²) in [5.74, 6) is 1.27. The minimum absolute atomic E-state index is 0.285. The van der Waals surface area contributed by atoms with Crippen molar-refractivity contribution in [2.45, 2.75) is 40.3 Å². The van der Waals surface area contributed by atoms with Gasteiger partial charge < -0.3 is 15.9 Å². The fourth-order valence-electron chi connectivity index (χ4n) is 1.97. The summed E-state index contributed by atoms with van der Waals surface area (Å²) in [4.78, 5) is 8.78. The van der Waals surface area contributed by atoms with Crippen molar-refractivity contribution < 1.29 is 4.74 Å². The summed E-state index contributed by atoms with van der Waals surface area (Å²) >= 11 is 0. The third-order valence-corrected chi connectivity index (χ3v) is 2.69. The van der Waals surface area contributed by atoms with Crippen LogP contribution in [0.5, 0.6) is 0 Å². The molecule has 6 nitrogen and oxygen atoms in total. The molecular weight excluding hydrogens is 242 g/mol. The molecule has 0 bridgehead atoms. The minimum Gasteiger partial charge on any atom is -0.382 e. The summed E-state index contributed by atoms with van der Waals surface area (Å²) in [5, 5.41) is 0. The molecule has 0 aromatic carbocycles. The highest BCUT2D eigenvalue weighted by molar-refractivity contribution is 5.86. The van der Waals surface area contributed by atoms with Crippen LogP contribution in [0.25, 0.3) is 11.0 Å². The van der Waals surface area contributed by atoms with E-state index in [0.29, 0.717) is 24.5 Å². The third-order valence-electron chi connectivity index (χ3n) is 2.69. The second-order valence-electron chi connectivity index (χ2n) is 4.80. The normalized spacial score (nSPS) is 11.4. The highest BCUT2D eigenvalue weighted by atomic mass is 16.5. The number of imidazole rings is 1. The van der Waals surface area contributed by atoms with E-state index in [0.717, 1.165) is 17.0 Å². The molecule has 2 aromatic heterocycles. The number of pyridine rings is 1. The van der Waals surface area contributed by atoms with E-state index in [1.54, 1.807) is 0 Å². The molecular formula is C13H21N5O. The lowest BCUT2D eigenvalue weighted by atomic mass is 10.3. The van der Waals surface area contributed by atoms with E-state index in [2.05, 4.69) is 29.2 Å². The molecule has 0 spiro atoms. The second kappa shape index (κ2) is 5.44. The first kappa shape index (κ1) is 13.6. The van der Waals surface area contributed by atoms with E-state index >= 15 is 0 Å². The second-order valence-corrected chi connectivity index (χ2v) is 4.80. The first-order valence-corrected chi connectivity index (χ1v) is 6.51. The Bertz CT molecular complexity index is 576. The maximum Gasteiger partial charge on any atom is 0.154 e. The van der Waals surface area contributed by atoms with Gasteiger partial charge in [-0.2, -0.15) is 0 Å². The summed E-state index contributed by atoms with van der Waals surface area (Å²) in [6.07, 6.45) is 0. The van der Waals surface area contributed by atoms with Gasteiger partial charge in [0.15, 0.2) is 11.6 Å². The highest BCUT2D eigenvalue weighted by Crippen LogP contribution is 2.21. The molecule has 0 fully saturated rings. The lowest BCUT2D eigenvalue weighted by molar-refractivity contribution is 0.126. The van der Waals surface area contributed by atoms with Gasteiger partial charge in [0.25, 0.3) is 0 Å². The molecule has 0 aliphatic carbocycles. The Morgan fingerprint density at radius 2 is 2.16 bits per heavy atom. The number of aryl methyl sites for hydroxylation is 1. The zero-order chi connectivity index (χ0) is 14.0. The van der Waals surface area contributed by atoms with Crippen LogP contribution in [0.15, 0.2) is 6.07 Å². The molecule has 0 radical (unpaired) electrons. The van der Waals surface area contributed by atoms with E-state index in [-0.39, 0.29) is 6.04 Å². The molecule has 0 saturated carbocycles. The molecule has 6 heteroatoms. The van der Waals surface area contributed by atoms with E-state index in [4.69, 9.17) is 10.5 Å². The molecule has 0 aliphatic rings. The quantitative estimate of drug-likeness (QED) is 0.860. The van der Waals surface area contributed by atoms with Crippen LogP contribution in [0.4, 0.5) is 5.82 Å². The first-order chi connectivity index (χ1) is 9.02. The Kier molecular flexibility index (Phi) is 3.90. The molecule has 3 N–H and O–H groups in total. The van der Waals surface area contributed by atoms with Crippen molar-refractivity contribution in [1.29, 1.82) is 0 Å². The number of ether oxygens (including phenoxy) is 1. The van der Waals surface area contributed by atoms with E-state index in [1.807, 2.05) is 24.6 Å². The predicted octanol–water partition coefficient (Wildman–Crippen LogP) is 1.81. The Hall–Kier alpha value is -1.82.